The average molecular weight is 248 g/mol. The number of thiophene rings is 1. The molecule has 1 aromatic heterocycles. The highest BCUT2D eigenvalue weighted by molar-refractivity contribution is 9.11. The third-order valence-electron chi connectivity index (χ3n) is 1.85. The summed E-state index contributed by atoms with van der Waals surface area (Å²) >= 11 is 5.22. The molecule has 0 saturated heterocycles. The first-order valence-corrected chi connectivity index (χ1v) is 5.92. The second-order valence-electron chi connectivity index (χ2n) is 2.70. The molecule has 0 aliphatic rings. The van der Waals surface area contributed by atoms with Gasteiger partial charge in [0.25, 0.3) is 0 Å². The van der Waals surface area contributed by atoms with Crippen LogP contribution in [0, 0.1) is 0 Å². The van der Waals surface area contributed by atoms with Gasteiger partial charge in [0.05, 0.1) is 3.79 Å². The largest absolute Gasteiger partial charge is 0.310 e. The molecule has 0 bridgehead atoms. The van der Waals surface area contributed by atoms with E-state index in [0.29, 0.717) is 6.04 Å². The third-order valence-corrected chi connectivity index (χ3v) is 3.37. The molecule has 1 rings (SSSR count). The zero-order chi connectivity index (χ0) is 8.97. The number of rotatable bonds is 4. The van der Waals surface area contributed by atoms with E-state index >= 15 is 0 Å². The highest BCUT2D eigenvalue weighted by atomic mass is 79.9. The Balaban J connectivity index is 2.66. The second kappa shape index (κ2) is 5.00. The van der Waals surface area contributed by atoms with Crippen LogP contribution >= 0.6 is 27.3 Å². The van der Waals surface area contributed by atoms with Crippen molar-refractivity contribution in [3.05, 3.63) is 20.8 Å². The maximum Gasteiger partial charge on any atom is 0.0701 e. The summed E-state index contributed by atoms with van der Waals surface area (Å²) in [6.45, 7) is 5.38. The monoisotopic (exact) mass is 247 g/mol. The van der Waals surface area contributed by atoms with Crippen molar-refractivity contribution in [2.45, 2.75) is 26.3 Å². The molecule has 0 amide bonds. The summed E-state index contributed by atoms with van der Waals surface area (Å²) in [6.07, 6.45) is 1.15. The third kappa shape index (κ3) is 2.57. The van der Waals surface area contributed by atoms with Crippen LogP contribution in [0.4, 0.5) is 0 Å². The number of hydrogen-bond acceptors (Lipinski definition) is 2. The summed E-state index contributed by atoms with van der Waals surface area (Å²) < 4.78 is 1.22. The summed E-state index contributed by atoms with van der Waals surface area (Å²) in [5, 5.41) is 5.66. The Morgan fingerprint density at radius 2 is 2.33 bits per heavy atom. The van der Waals surface area contributed by atoms with Crippen molar-refractivity contribution < 1.29 is 0 Å². The van der Waals surface area contributed by atoms with E-state index in [2.05, 4.69) is 46.5 Å². The number of halogens is 1. The van der Waals surface area contributed by atoms with Crippen molar-refractivity contribution in [3.63, 3.8) is 0 Å². The Hall–Kier alpha value is 0.140. The molecule has 1 N–H and O–H groups in total. The molecule has 68 valence electrons. The van der Waals surface area contributed by atoms with Crippen LogP contribution in [0.25, 0.3) is 0 Å². The summed E-state index contributed by atoms with van der Waals surface area (Å²) in [5.74, 6) is 0. The number of nitrogens with one attached hydrogen (secondary N) is 1. The number of hydrogen-bond donors (Lipinski definition) is 1. The van der Waals surface area contributed by atoms with Crippen LogP contribution in [0.3, 0.4) is 0 Å². The fraction of sp³-hybridized carbons (Fsp3) is 0.556. The topological polar surface area (TPSA) is 12.0 Å². The highest BCUT2D eigenvalue weighted by Crippen LogP contribution is 2.26. The van der Waals surface area contributed by atoms with Gasteiger partial charge in [-0.3, -0.25) is 0 Å². The van der Waals surface area contributed by atoms with Crippen LogP contribution in [0.15, 0.2) is 15.2 Å². The molecule has 1 heterocycles. The Morgan fingerprint density at radius 1 is 1.58 bits per heavy atom. The molecule has 1 atom stereocenters. The predicted octanol–water partition coefficient (Wildman–Crippen LogP) is 3.57. The molecule has 0 aliphatic heterocycles. The van der Waals surface area contributed by atoms with Gasteiger partial charge in [-0.15, -0.1) is 11.3 Å². The molecule has 3 heteroatoms. The Morgan fingerprint density at radius 3 is 2.75 bits per heavy atom. The zero-order valence-electron chi connectivity index (χ0n) is 7.43. The van der Waals surface area contributed by atoms with Gasteiger partial charge in [-0.2, -0.15) is 0 Å². The van der Waals surface area contributed by atoms with Gasteiger partial charge in [0.15, 0.2) is 0 Å². The minimum Gasteiger partial charge on any atom is -0.310 e. The van der Waals surface area contributed by atoms with Crippen molar-refractivity contribution in [2.75, 3.05) is 6.54 Å². The van der Waals surface area contributed by atoms with Crippen LogP contribution in [-0.2, 0) is 0 Å². The maximum atomic E-state index is 3.47. The molecule has 0 fully saturated rings. The van der Waals surface area contributed by atoms with E-state index in [1.807, 2.05) is 0 Å². The predicted molar refractivity (Wildman–Crippen MR) is 58.7 cm³/mol. The molecular weight excluding hydrogens is 234 g/mol. The summed E-state index contributed by atoms with van der Waals surface area (Å²) in [4.78, 5) is 0. The summed E-state index contributed by atoms with van der Waals surface area (Å²) in [7, 11) is 0. The molecule has 1 unspecified atom stereocenters. The van der Waals surface area contributed by atoms with Gasteiger partial charge in [-0.25, -0.2) is 0 Å². The van der Waals surface area contributed by atoms with Gasteiger partial charge in [0, 0.05) is 6.04 Å². The fourth-order valence-electron chi connectivity index (χ4n) is 1.25. The fourth-order valence-corrected chi connectivity index (χ4v) is 2.48. The minimum atomic E-state index is 0.526. The van der Waals surface area contributed by atoms with Gasteiger partial charge in [-0.05, 0) is 45.9 Å². The van der Waals surface area contributed by atoms with Crippen LogP contribution in [-0.4, -0.2) is 6.54 Å². The molecule has 0 radical (unpaired) electrons. The SMILES string of the molecule is CCNC(CC)c1csc(Br)c1. The first kappa shape index (κ1) is 10.2. The summed E-state index contributed by atoms with van der Waals surface area (Å²) in [5.41, 5.74) is 1.40. The first-order valence-electron chi connectivity index (χ1n) is 4.25. The second-order valence-corrected chi connectivity index (χ2v) is 4.99. The maximum absolute atomic E-state index is 3.47. The van der Waals surface area contributed by atoms with E-state index in [-0.39, 0.29) is 0 Å². The zero-order valence-corrected chi connectivity index (χ0v) is 9.83. The van der Waals surface area contributed by atoms with E-state index in [1.165, 1.54) is 9.35 Å². The molecule has 1 nitrogen and oxygen atoms in total. The lowest BCUT2D eigenvalue weighted by molar-refractivity contribution is 0.539. The highest BCUT2D eigenvalue weighted by Gasteiger charge is 2.08. The van der Waals surface area contributed by atoms with Gasteiger partial charge < -0.3 is 5.32 Å². The first-order chi connectivity index (χ1) is 5.77. The Kier molecular flexibility index (Phi) is 4.26. The van der Waals surface area contributed by atoms with E-state index in [0.717, 1.165) is 13.0 Å². The van der Waals surface area contributed by atoms with Gasteiger partial charge in [-0.1, -0.05) is 13.8 Å². The molecule has 1 aromatic rings. The molecule has 0 saturated carbocycles. The molecule has 0 spiro atoms. The lowest BCUT2D eigenvalue weighted by atomic mass is 10.1. The molecular formula is C9H14BrNS. The van der Waals surface area contributed by atoms with E-state index in [4.69, 9.17) is 0 Å². The lowest BCUT2D eigenvalue weighted by Gasteiger charge is -2.13. The standard InChI is InChI=1S/C9H14BrNS/c1-3-8(11-4-2)7-5-9(10)12-6-7/h5-6,8,11H,3-4H2,1-2H3. The Bertz CT molecular complexity index is 234. The quantitative estimate of drug-likeness (QED) is 0.858. The van der Waals surface area contributed by atoms with Gasteiger partial charge in [0.2, 0.25) is 0 Å². The van der Waals surface area contributed by atoms with E-state index in [9.17, 15) is 0 Å². The summed E-state index contributed by atoms with van der Waals surface area (Å²) in [6, 6.07) is 2.72. The van der Waals surface area contributed by atoms with Crippen molar-refractivity contribution >= 4 is 27.3 Å². The van der Waals surface area contributed by atoms with E-state index in [1.54, 1.807) is 11.3 Å². The smallest absolute Gasteiger partial charge is 0.0701 e. The van der Waals surface area contributed by atoms with Crippen LogP contribution < -0.4 is 5.32 Å². The van der Waals surface area contributed by atoms with E-state index < -0.39 is 0 Å². The van der Waals surface area contributed by atoms with Crippen molar-refractivity contribution in [1.29, 1.82) is 0 Å². The normalized spacial score (nSPS) is 13.2. The lowest BCUT2D eigenvalue weighted by Crippen LogP contribution is -2.19. The molecule has 0 aromatic carbocycles. The molecule has 0 aliphatic carbocycles. The average Bonchev–Trinajstić information content (AvgIpc) is 2.47. The molecule has 12 heavy (non-hydrogen) atoms. The minimum absolute atomic E-state index is 0.526. The Labute approximate surface area is 86.3 Å². The van der Waals surface area contributed by atoms with Crippen LogP contribution in [0.1, 0.15) is 31.9 Å². The van der Waals surface area contributed by atoms with Crippen LogP contribution in [0.5, 0.6) is 0 Å². The van der Waals surface area contributed by atoms with Gasteiger partial charge in [0.1, 0.15) is 0 Å². The van der Waals surface area contributed by atoms with Gasteiger partial charge >= 0.3 is 0 Å². The van der Waals surface area contributed by atoms with Crippen molar-refractivity contribution in [3.8, 4) is 0 Å². The van der Waals surface area contributed by atoms with Crippen LogP contribution in [0.2, 0.25) is 0 Å². The van der Waals surface area contributed by atoms with Crippen molar-refractivity contribution in [1.82, 2.24) is 5.32 Å². The van der Waals surface area contributed by atoms with Crippen molar-refractivity contribution in [2.24, 2.45) is 0 Å².